The summed E-state index contributed by atoms with van der Waals surface area (Å²) in [5.74, 6) is -0.273. The number of hydrogen-bond acceptors (Lipinski definition) is 4. The molecular formula is C20H31N3O4S. The van der Waals surface area contributed by atoms with E-state index in [9.17, 15) is 18.0 Å². The van der Waals surface area contributed by atoms with E-state index in [1.54, 1.807) is 24.3 Å². The fourth-order valence-electron chi connectivity index (χ4n) is 3.05. The molecule has 1 aliphatic heterocycles. The highest BCUT2D eigenvalue weighted by molar-refractivity contribution is 7.89. The van der Waals surface area contributed by atoms with Gasteiger partial charge in [0.1, 0.15) is 0 Å². The van der Waals surface area contributed by atoms with Gasteiger partial charge in [0.2, 0.25) is 21.8 Å². The number of benzene rings is 1. The van der Waals surface area contributed by atoms with E-state index in [4.69, 9.17) is 0 Å². The molecule has 1 saturated heterocycles. The van der Waals surface area contributed by atoms with Crippen LogP contribution in [-0.2, 0) is 26.0 Å². The summed E-state index contributed by atoms with van der Waals surface area (Å²) in [4.78, 5) is 24.0. The molecular weight excluding hydrogens is 378 g/mol. The SMILES string of the molecule is CCC(C)NC(=O)CCNC(=O)Cc1ccc(S(=O)(=O)N2CCCCC2)cc1. The molecule has 7 nitrogen and oxygen atoms in total. The van der Waals surface area contributed by atoms with E-state index >= 15 is 0 Å². The first kappa shape index (κ1) is 22.4. The summed E-state index contributed by atoms with van der Waals surface area (Å²) in [7, 11) is -3.45. The van der Waals surface area contributed by atoms with Crippen LogP contribution in [0.1, 0.15) is 51.5 Å². The Bertz CT molecular complexity index is 756. The number of nitrogens with zero attached hydrogens (tertiary/aromatic N) is 1. The molecule has 1 fully saturated rings. The van der Waals surface area contributed by atoms with E-state index in [1.165, 1.54) is 4.31 Å². The number of sulfonamides is 1. The number of piperidine rings is 1. The van der Waals surface area contributed by atoms with Gasteiger partial charge in [-0.3, -0.25) is 9.59 Å². The lowest BCUT2D eigenvalue weighted by Gasteiger charge is -2.25. The summed E-state index contributed by atoms with van der Waals surface area (Å²) in [5.41, 5.74) is 0.735. The number of rotatable bonds is 9. The highest BCUT2D eigenvalue weighted by atomic mass is 32.2. The first-order chi connectivity index (χ1) is 13.3. The minimum Gasteiger partial charge on any atom is -0.355 e. The van der Waals surface area contributed by atoms with Crippen molar-refractivity contribution in [3.05, 3.63) is 29.8 Å². The van der Waals surface area contributed by atoms with Crippen molar-refractivity contribution >= 4 is 21.8 Å². The van der Waals surface area contributed by atoms with E-state index in [0.29, 0.717) is 13.1 Å². The molecule has 1 unspecified atom stereocenters. The average molecular weight is 410 g/mol. The Morgan fingerprint density at radius 1 is 1.07 bits per heavy atom. The lowest BCUT2D eigenvalue weighted by atomic mass is 10.1. The van der Waals surface area contributed by atoms with E-state index in [2.05, 4.69) is 10.6 Å². The van der Waals surface area contributed by atoms with Crippen molar-refractivity contribution in [2.45, 2.75) is 63.3 Å². The second-order valence-corrected chi connectivity index (χ2v) is 9.20. The van der Waals surface area contributed by atoms with Crippen LogP contribution in [0.15, 0.2) is 29.2 Å². The van der Waals surface area contributed by atoms with Gasteiger partial charge < -0.3 is 10.6 Å². The van der Waals surface area contributed by atoms with Gasteiger partial charge in [0.15, 0.2) is 0 Å². The molecule has 1 heterocycles. The predicted octanol–water partition coefficient (Wildman–Crippen LogP) is 1.82. The van der Waals surface area contributed by atoms with Crippen LogP contribution < -0.4 is 10.6 Å². The van der Waals surface area contributed by atoms with Gasteiger partial charge in [-0.2, -0.15) is 4.31 Å². The Balaban J connectivity index is 1.81. The normalized spacial score (nSPS) is 16.4. The fraction of sp³-hybridized carbons (Fsp3) is 0.600. The lowest BCUT2D eigenvalue weighted by Crippen LogP contribution is -2.35. The van der Waals surface area contributed by atoms with Crippen LogP contribution in [0.25, 0.3) is 0 Å². The quantitative estimate of drug-likeness (QED) is 0.650. The predicted molar refractivity (Wildman–Crippen MR) is 108 cm³/mol. The number of nitrogens with one attached hydrogen (secondary N) is 2. The van der Waals surface area contributed by atoms with E-state index in [-0.39, 0.29) is 42.1 Å². The van der Waals surface area contributed by atoms with Crippen molar-refractivity contribution in [2.24, 2.45) is 0 Å². The van der Waals surface area contributed by atoms with Crippen molar-refractivity contribution in [1.29, 1.82) is 0 Å². The molecule has 0 aromatic heterocycles. The molecule has 2 rings (SSSR count). The first-order valence-corrected chi connectivity index (χ1v) is 11.4. The third-order valence-electron chi connectivity index (χ3n) is 4.93. The third kappa shape index (κ3) is 6.60. The molecule has 0 bridgehead atoms. The molecule has 2 amide bonds. The second kappa shape index (κ2) is 10.6. The second-order valence-electron chi connectivity index (χ2n) is 7.26. The Morgan fingerprint density at radius 2 is 1.71 bits per heavy atom. The number of hydrogen-bond donors (Lipinski definition) is 2. The standard InChI is InChI=1S/C20H31N3O4S/c1-3-16(2)22-19(24)11-12-21-20(25)15-17-7-9-18(10-8-17)28(26,27)23-13-5-4-6-14-23/h7-10,16H,3-6,11-15H2,1-2H3,(H,21,25)(H,22,24). The molecule has 1 aromatic carbocycles. The third-order valence-corrected chi connectivity index (χ3v) is 6.85. The summed E-state index contributed by atoms with van der Waals surface area (Å²) in [6, 6.07) is 6.60. The minimum absolute atomic E-state index is 0.0816. The maximum Gasteiger partial charge on any atom is 0.243 e. The fourth-order valence-corrected chi connectivity index (χ4v) is 4.56. The van der Waals surface area contributed by atoms with Crippen LogP contribution in [0, 0.1) is 0 Å². The highest BCUT2D eigenvalue weighted by Crippen LogP contribution is 2.20. The van der Waals surface area contributed by atoms with Crippen LogP contribution in [0.3, 0.4) is 0 Å². The van der Waals surface area contributed by atoms with Gasteiger partial charge in [0.25, 0.3) is 0 Å². The zero-order valence-corrected chi connectivity index (χ0v) is 17.6. The van der Waals surface area contributed by atoms with Crippen LogP contribution in [-0.4, -0.2) is 50.2 Å². The number of carbonyl (C=O) groups is 2. The highest BCUT2D eigenvalue weighted by Gasteiger charge is 2.25. The monoisotopic (exact) mass is 409 g/mol. The number of carbonyl (C=O) groups excluding carboxylic acids is 2. The van der Waals surface area contributed by atoms with Crippen molar-refractivity contribution < 1.29 is 18.0 Å². The molecule has 1 atom stereocenters. The summed E-state index contributed by atoms with van der Waals surface area (Å²) in [6.45, 7) is 5.35. The maximum atomic E-state index is 12.6. The Hall–Kier alpha value is -1.93. The van der Waals surface area contributed by atoms with Gasteiger partial charge in [-0.1, -0.05) is 25.5 Å². The molecule has 0 radical (unpaired) electrons. The molecule has 0 aliphatic carbocycles. The first-order valence-electron chi connectivity index (χ1n) is 9.98. The lowest BCUT2D eigenvalue weighted by molar-refractivity contribution is -0.122. The van der Waals surface area contributed by atoms with Crippen LogP contribution in [0.2, 0.25) is 0 Å². The molecule has 0 spiro atoms. The summed E-state index contributed by atoms with van der Waals surface area (Å²) >= 11 is 0. The Labute approximate surface area is 167 Å². The van der Waals surface area contributed by atoms with Gasteiger partial charge in [0.05, 0.1) is 11.3 Å². The minimum atomic E-state index is -3.45. The average Bonchev–Trinajstić information content (AvgIpc) is 2.69. The van der Waals surface area contributed by atoms with Crippen LogP contribution >= 0.6 is 0 Å². The largest absolute Gasteiger partial charge is 0.355 e. The molecule has 1 aliphatic rings. The number of amides is 2. The Morgan fingerprint density at radius 3 is 2.32 bits per heavy atom. The maximum absolute atomic E-state index is 12.6. The van der Waals surface area contributed by atoms with Crippen molar-refractivity contribution in [2.75, 3.05) is 19.6 Å². The topological polar surface area (TPSA) is 95.6 Å². The van der Waals surface area contributed by atoms with E-state index < -0.39 is 10.0 Å². The summed E-state index contributed by atoms with van der Waals surface area (Å²) in [6.07, 6.45) is 4.11. The van der Waals surface area contributed by atoms with E-state index in [1.807, 2.05) is 13.8 Å². The van der Waals surface area contributed by atoms with Crippen molar-refractivity contribution in [1.82, 2.24) is 14.9 Å². The molecule has 8 heteroatoms. The van der Waals surface area contributed by atoms with Crippen LogP contribution in [0.4, 0.5) is 0 Å². The summed E-state index contributed by atoms with van der Waals surface area (Å²) in [5, 5.41) is 5.57. The molecule has 28 heavy (non-hydrogen) atoms. The van der Waals surface area contributed by atoms with Crippen molar-refractivity contribution in [3.8, 4) is 0 Å². The van der Waals surface area contributed by atoms with Gasteiger partial charge >= 0.3 is 0 Å². The zero-order chi connectivity index (χ0) is 20.6. The van der Waals surface area contributed by atoms with Crippen molar-refractivity contribution in [3.63, 3.8) is 0 Å². The molecule has 1 aromatic rings. The van der Waals surface area contributed by atoms with E-state index in [0.717, 1.165) is 31.2 Å². The summed E-state index contributed by atoms with van der Waals surface area (Å²) < 4.78 is 26.8. The smallest absolute Gasteiger partial charge is 0.243 e. The van der Waals surface area contributed by atoms with Gasteiger partial charge in [0, 0.05) is 32.1 Å². The molecule has 156 valence electrons. The molecule has 2 N–H and O–H groups in total. The Kier molecular flexibility index (Phi) is 8.44. The van der Waals surface area contributed by atoms with Gasteiger partial charge in [-0.15, -0.1) is 0 Å². The van der Waals surface area contributed by atoms with Gasteiger partial charge in [-0.25, -0.2) is 8.42 Å². The molecule has 0 saturated carbocycles. The van der Waals surface area contributed by atoms with Gasteiger partial charge in [-0.05, 0) is 43.9 Å². The zero-order valence-electron chi connectivity index (χ0n) is 16.7. The van der Waals surface area contributed by atoms with Crippen LogP contribution in [0.5, 0.6) is 0 Å².